The second-order valence-electron chi connectivity index (χ2n) is 4.58. The molecular formula is C19H19NO4. The number of ketones is 1. The lowest BCUT2D eigenvalue weighted by molar-refractivity contribution is -0.385. The Balaban J connectivity index is 0.000000351. The first-order valence-corrected chi connectivity index (χ1v) is 7.24. The van der Waals surface area contributed by atoms with Crippen LogP contribution in [0.25, 0.3) is 0 Å². The molecule has 0 amide bonds. The van der Waals surface area contributed by atoms with E-state index >= 15 is 0 Å². The number of hydrogen-bond donors (Lipinski definition) is 0. The zero-order valence-electron chi connectivity index (χ0n) is 13.3. The summed E-state index contributed by atoms with van der Waals surface area (Å²) in [6.45, 7) is 8.18. The number of hydrogen-bond acceptors (Lipinski definition) is 4. The Morgan fingerprint density at radius 1 is 1.00 bits per heavy atom. The molecule has 124 valence electrons. The van der Waals surface area contributed by atoms with Crippen molar-refractivity contribution in [1.29, 1.82) is 0 Å². The average Bonchev–Trinajstić information content (AvgIpc) is 2.63. The molecule has 0 unspecified atom stereocenters. The molecule has 0 aliphatic carbocycles. The van der Waals surface area contributed by atoms with Gasteiger partial charge in [0.25, 0.3) is 5.69 Å². The predicted octanol–water partition coefficient (Wildman–Crippen LogP) is 4.20. The van der Waals surface area contributed by atoms with Crippen molar-refractivity contribution < 1.29 is 14.5 Å². The second-order valence-corrected chi connectivity index (χ2v) is 4.58. The van der Waals surface area contributed by atoms with Crippen molar-refractivity contribution in [1.82, 2.24) is 0 Å². The zero-order valence-corrected chi connectivity index (χ0v) is 13.3. The number of nitro benzene ring substituents is 1. The fraction of sp³-hybridized carbons (Fsp3) is 0.105. The Labute approximate surface area is 141 Å². The molecule has 0 radical (unpaired) electrons. The van der Waals surface area contributed by atoms with Crippen LogP contribution in [0.2, 0.25) is 0 Å². The Morgan fingerprint density at radius 2 is 1.54 bits per heavy atom. The summed E-state index contributed by atoms with van der Waals surface area (Å²) in [7, 11) is 0. The second kappa shape index (κ2) is 10.6. The van der Waals surface area contributed by atoms with Crippen molar-refractivity contribution in [2.75, 3.05) is 13.2 Å². The van der Waals surface area contributed by atoms with E-state index in [9.17, 15) is 14.9 Å². The molecule has 5 heteroatoms. The molecule has 5 nitrogen and oxygen atoms in total. The van der Waals surface area contributed by atoms with Gasteiger partial charge in [-0.2, -0.15) is 0 Å². The number of rotatable bonds is 7. The molecule has 2 aromatic rings. The maximum absolute atomic E-state index is 12.1. The lowest BCUT2D eigenvalue weighted by atomic mass is 10.0. The Kier molecular flexibility index (Phi) is 8.42. The van der Waals surface area contributed by atoms with Gasteiger partial charge in [0.1, 0.15) is 5.56 Å². The molecule has 0 aliphatic rings. The van der Waals surface area contributed by atoms with Crippen LogP contribution in [0.15, 0.2) is 79.9 Å². The van der Waals surface area contributed by atoms with E-state index in [1.54, 1.807) is 54.6 Å². The number of benzene rings is 2. The van der Waals surface area contributed by atoms with Gasteiger partial charge in [0.05, 0.1) is 18.1 Å². The Bertz CT molecular complexity index is 688. The van der Waals surface area contributed by atoms with Crippen LogP contribution in [0.1, 0.15) is 15.9 Å². The molecule has 2 rings (SSSR count). The van der Waals surface area contributed by atoms with E-state index in [1.807, 2.05) is 0 Å². The minimum atomic E-state index is -0.545. The quantitative estimate of drug-likeness (QED) is 0.251. The summed E-state index contributed by atoms with van der Waals surface area (Å²) in [5.74, 6) is -0.335. The van der Waals surface area contributed by atoms with Gasteiger partial charge < -0.3 is 4.74 Å². The normalized spacial score (nSPS) is 9.33. The fourth-order valence-electron chi connectivity index (χ4n) is 1.80. The molecule has 0 fully saturated rings. The number of para-hydroxylation sites is 1. The number of nitro groups is 1. The monoisotopic (exact) mass is 325 g/mol. The molecule has 0 aliphatic heterocycles. The van der Waals surface area contributed by atoms with E-state index in [0.717, 1.165) is 0 Å². The molecule has 2 aromatic carbocycles. The summed E-state index contributed by atoms with van der Waals surface area (Å²) < 4.78 is 4.90. The highest BCUT2D eigenvalue weighted by molar-refractivity contribution is 6.11. The van der Waals surface area contributed by atoms with Gasteiger partial charge in [0, 0.05) is 11.6 Å². The van der Waals surface area contributed by atoms with Crippen LogP contribution >= 0.6 is 0 Å². The van der Waals surface area contributed by atoms with Gasteiger partial charge in [-0.3, -0.25) is 14.9 Å². The minimum absolute atomic E-state index is 0.115. The first-order valence-electron chi connectivity index (χ1n) is 7.24. The van der Waals surface area contributed by atoms with Crippen LogP contribution in [0.5, 0.6) is 0 Å². The third-order valence-electron chi connectivity index (χ3n) is 2.85. The molecule has 0 aromatic heterocycles. The maximum atomic E-state index is 12.1. The van der Waals surface area contributed by atoms with E-state index in [4.69, 9.17) is 4.74 Å². The maximum Gasteiger partial charge on any atom is 0.280 e. The van der Waals surface area contributed by atoms with Crippen molar-refractivity contribution in [2.45, 2.75) is 0 Å². The van der Waals surface area contributed by atoms with Crippen LogP contribution in [0.3, 0.4) is 0 Å². The molecule has 24 heavy (non-hydrogen) atoms. The standard InChI is InChI=1S/C13H9NO3.C6H10O/c15-13(10-6-2-1-3-7-10)11-8-4-5-9-12(11)14(16)17;1-3-5-7-6-4-2/h1-9H;3-4H,1-2,5-6H2. The lowest BCUT2D eigenvalue weighted by Crippen LogP contribution is -2.04. The highest BCUT2D eigenvalue weighted by Gasteiger charge is 2.19. The third kappa shape index (κ3) is 5.98. The zero-order chi connectivity index (χ0) is 17.8. The summed E-state index contributed by atoms with van der Waals surface area (Å²) in [4.78, 5) is 22.3. The summed E-state index contributed by atoms with van der Waals surface area (Å²) in [6.07, 6.45) is 3.42. The minimum Gasteiger partial charge on any atom is -0.373 e. The highest BCUT2D eigenvalue weighted by Crippen LogP contribution is 2.20. The SMILES string of the molecule is C=CCOCC=C.O=C(c1ccccc1)c1ccccc1[N+](=O)[O-]. The van der Waals surface area contributed by atoms with Gasteiger partial charge in [0.2, 0.25) is 0 Å². The van der Waals surface area contributed by atoms with Crippen molar-refractivity contribution >= 4 is 11.5 Å². The predicted molar refractivity (Wildman–Crippen MR) is 94.2 cm³/mol. The van der Waals surface area contributed by atoms with Crippen LogP contribution in [0, 0.1) is 10.1 Å². The molecule has 0 heterocycles. The van der Waals surface area contributed by atoms with Gasteiger partial charge >= 0.3 is 0 Å². The Morgan fingerprint density at radius 3 is 2.08 bits per heavy atom. The van der Waals surface area contributed by atoms with Crippen LogP contribution in [0.4, 0.5) is 5.69 Å². The summed E-state index contributed by atoms with van der Waals surface area (Å²) in [5, 5.41) is 10.8. The van der Waals surface area contributed by atoms with Crippen LogP contribution in [-0.2, 0) is 4.74 Å². The van der Waals surface area contributed by atoms with E-state index in [-0.39, 0.29) is 17.0 Å². The van der Waals surface area contributed by atoms with E-state index < -0.39 is 4.92 Å². The van der Waals surface area contributed by atoms with E-state index in [2.05, 4.69) is 13.2 Å². The number of carbonyl (C=O) groups is 1. The molecular weight excluding hydrogens is 306 g/mol. The first kappa shape index (κ1) is 19.0. The largest absolute Gasteiger partial charge is 0.373 e. The molecule has 0 atom stereocenters. The van der Waals surface area contributed by atoms with Gasteiger partial charge in [-0.1, -0.05) is 54.6 Å². The van der Waals surface area contributed by atoms with Crippen LogP contribution < -0.4 is 0 Å². The third-order valence-corrected chi connectivity index (χ3v) is 2.85. The van der Waals surface area contributed by atoms with Gasteiger partial charge in [-0.15, -0.1) is 13.2 Å². The van der Waals surface area contributed by atoms with E-state index in [1.165, 1.54) is 12.1 Å². The fourth-order valence-corrected chi connectivity index (χ4v) is 1.80. The molecule has 0 bridgehead atoms. The van der Waals surface area contributed by atoms with Gasteiger partial charge in [0.15, 0.2) is 5.78 Å². The average molecular weight is 325 g/mol. The highest BCUT2D eigenvalue weighted by atomic mass is 16.6. The molecule has 0 saturated heterocycles. The topological polar surface area (TPSA) is 69.4 Å². The summed E-state index contributed by atoms with van der Waals surface area (Å²) in [6, 6.07) is 14.5. The van der Waals surface area contributed by atoms with Crippen molar-refractivity contribution in [2.24, 2.45) is 0 Å². The first-order chi connectivity index (χ1) is 11.6. The smallest absolute Gasteiger partial charge is 0.280 e. The molecule has 0 saturated carbocycles. The number of nitrogens with zero attached hydrogens (tertiary/aromatic N) is 1. The van der Waals surface area contributed by atoms with Crippen molar-refractivity contribution in [3.8, 4) is 0 Å². The summed E-state index contributed by atoms with van der Waals surface area (Å²) >= 11 is 0. The van der Waals surface area contributed by atoms with Gasteiger partial charge in [-0.25, -0.2) is 0 Å². The van der Waals surface area contributed by atoms with E-state index in [0.29, 0.717) is 18.8 Å². The lowest BCUT2D eigenvalue weighted by Gasteiger charge is -2.01. The molecule has 0 N–H and O–H groups in total. The number of carbonyl (C=O) groups excluding carboxylic acids is 1. The van der Waals surface area contributed by atoms with Crippen molar-refractivity contribution in [3.63, 3.8) is 0 Å². The summed E-state index contributed by atoms with van der Waals surface area (Å²) in [5.41, 5.74) is 0.395. The van der Waals surface area contributed by atoms with Crippen molar-refractivity contribution in [3.05, 3.63) is 101 Å². The van der Waals surface area contributed by atoms with Crippen LogP contribution in [-0.4, -0.2) is 23.9 Å². The molecule has 0 spiro atoms. The number of ether oxygens (including phenoxy) is 1. The Hall–Kier alpha value is -3.05. The van der Waals surface area contributed by atoms with Gasteiger partial charge in [-0.05, 0) is 6.07 Å².